The molecule has 0 fully saturated rings. The highest BCUT2D eigenvalue weighted by Gasteiger charge is 2.28. The van der Waals surface area contributed by atoms with E-state index < -0.39 is 22.5 Å². The summed E-state index contributed by atoms with van der Waals surface area (Å²) in [6, 6.07) is 23.0. The maximum Gasteiger partial charge on any atom is 0.264 e. The fourth-order valence-corrected chi connectivity index (χ4v) is 4.95. The van der Waals surface area contributed by atoms with Crippen molar-refractivity contribution >= 4 is 38.7 Å². The van der Waals surface area contributed by atoms with E-state index in [4.69, 9.17) is 0 Å². The Morgan fingerprint density at radius 1 is 0.971 bits per heavy atom. The van der Waals surface area contributed by atoms with Crippen molar-refractivity contribution in [3.63, 3.8) is 0 Å². The van der Waals surface area contributed by atoms with E-state index in [1.165, 1.54) is 18.3 Å². The number of amides is 1. The van der Waals surface area contributed by atoms with Gasteiger partial charge in [-0.3, -0.25) is 14.1 Å². The van der Waals surface area contributed by atoms with Crippen molar-refractivity contribution in [2.75, 3.05) is 10.8 Å². The highest BCUT2D eigenvalue weighted by molar-refractivity contribution is 7.92. The number of rotatable bonds is 7. The van der Waals surface area contributed by atoms with E-state index in [9.17, 15) is 13.2 Å². The van der Waals surface area contributed by atoms with Crippen molar-refractivity contribution in [1.82, 2.24) is 10.4 Å². The van der Waals surface area contributed by atoms with E-state index in [2.05, 4.69) is 15.5 Å². The molecule has 1 amide bonds. The number of carbonyl (C=O) groups excluding carboxylic acids is 1. The number of hydrogen-bond donors (Lipinski definition) is 1. The van der Waals surface area contributed by atoms with Crippen LogP contribution in [0, 0.1) is 13.8 Å². The van der Waals surface area contributed by atoms with Crippen molar-refractivity contribution in [3.8, 4) is 0 Å². The van der Waals surface area contributed by atoms with Crippen LogP contribution in [0.4, 0.5) is 5.69 Å². The second-order valence-electron chi connectivity index (χ2n) is 7.88. The second-order valence-corrected chi connectivity index (χ2v) is 9.75. The lowest BCUT2D eigenvalue weighted by Gasteiger charge is -2.24. The van der Waals surface area contributed by atoms with E-state index in [0.717, 1.165) is 26.4 Å². The van der Waals surface area contributed by atoms with Crippen molar-refractivity contribution in [2.24, 2.45) is 5.10 Å². The Morgan fingerprint density at radius 2 is 1.71 bits per heavy atom. The summed E-state index contributed by atoms with van der Waals surface area (Å²) >= 11 is 0. The summed E-state index contributed by atoms with van der Waals surface area (Å²) < 4.78 is 28.3. The van der Waals surface area contributed by atoms with E-state index >= 15 is 0 Å². The van der Waals surface area contributed by atoms with Crippen LogP contribution in [-0.4, -0.2) is 32.1 Å². The molecule has 4 rings (SSSR count). The highest BCUT2D eigenvalue weighted by Crippen LogP contribution is 2.29. The molecule has 172 valence electrons. The maximum atomic E-state index is 13.6. The predicted molar refractivity (Wildman–Crippen MR) is 134 cm³/mol. The topological polar surface area (TPSA) is 91.7 Å². The molecule has 0 unspecified atom stereocenters. The fraction of sp³-hybridized carbons (Fsp3) is 0.115. The molecule has 1 aromatic heterocycles. The summed E-state index contributed by atoms with van der Waals surface area (Å²) in [5.41, 5.74) is 6.05. The first-order valence-electron chi connectivity index (χ1n) is 10.7. The number of hydrogen-bond acceptors (Lipinski definition) is 5. The Balaban J connectivity index is 1.68. The molecule has 0 bridgehead atoms. The second kappa shape index (κ2) is 9.84. The van der Waals surface area contributed by atoms with Gasteiger partial charge < -0.3 is 0 Å². The minimum absolute atomic E-state index is 0.0853. The van der Waals surface area contributed by atoms with Gasteiger partial charge in [-0.15, -0.1) is 0 Å². The standard InChI is InChI=1S/C26H24N4O3S/c1-19-11-13-23(14-12-19)34(32,33)30(24-10-4-8-22-9-5-15-27-26(22)24)18-25(31)29-28-17-21-7-3-6-20(2)16-21/h3-17H,18H2,1-2H3,(H,29,31)/b28-17-. The van der Waals surface area contributed by atoms with Gasteiger partial charge >= 0.3 is 0 Å². The molecule has 0 radical (unpaired) electrons. The third-order valence-electron chi connectivity index (χ3n) is 5.22. The number of nitrogens with zero attached hydrogens (tertiary/aromatic N) is 3. The zero-order chi connectivity index (χ0) is 24.1. The van der Waals surface area contributed by atoms with Crippen molar-refractivity contribution in [1.29, 1.82) is 0 Å². The average molecular weight is 473 g/mol. The Morgan fingerprint density at radius 3 is 2.47 bits per heavy atom. The smallest absolute Gasteiger partial charge is 0.264 e. The summed E-state index contributed by atoms with van der Waals surface area (Å²) in [5.74, 6) is -0.576. The third kappa shape index (κ3) is 5.13. The van der Waals surface area contributed by atoms with Crippen LogP contribution in [0.15, 0.2) is 95.1 Å². The van der Waals surface area contributed by atoms with Gasteiger partial charge in [0.25, 0.3) is 15.9 Å². The third-order valence-corrected chi connectivity index (χ3v) is 7.00. The summed E-state index contributed by atoms with van der Waals surface area (Å²) in [7, 11) is -4.06. The van der Waals surface area contributed by atoms with Crippen molar-refractivity contribution in [3.05, 3.63) is 102 Å². The Hall–Kier alpha value is -4.04. The van der Waals surface area contributed by atoms with E-state index in [-0.39, 0.29) is 4.90 Å². The van der Waals surface area contributed by atoms with Gasteiger partial charge in [0.2, 0.25) is 0 Å². The summed E-state index contributed by atoms with van der Waals surface area (Å²) in [4.78, 5) is 17.3. The fourth-order valence-electron chi connectivity index (χ4n) is 3.52. The monoisotopic (exact) mass is 472 g/mol. The lowest BCUT2D eigenvalue weighted by atomic mass is 10.2. The number of hydrazone groups is 1. The van der Waals surface area contributed by atoms with Gasteiger partial charge in [-0.2, -0.15) is 5.10 Å². The van der Waals surface area contributed by atoms with Crippen LogP contribution >= 0.6 is 0 Å². The molecule has 3 aromatic carbocycles. The Labute approximate surface area is 198 Å². The van der Waals surface area contributed by atoms with Crippen LogP contribution in [-0.2, 0) is 14.8 Å². The number of sulfonamides is 1. The van der Waals surface area contributed by atoms with Gasteiger partial charge in [-0.25, -0.2) is 13.8 Å². The molecule has 0 aliphatic carbocycles. The number of aryl methyl sites for hydroxylation is 2. The van der Waals surface area contributed by atoms with Crippen LogP contribution in [0.3, 0.4) is 0 Å². The molecule has 0 aliphatic rings. The Kier molecular flexibility index (Phi) is 6.70. The molecule has 1 heterocycles. The minimum Gasteiger partial charge on any atom is -0.271 e. The molecule has 0 spiro atoms. The molecule has 8 heteroatoms. The molecule has 4 aromatic rings. The van der Waals surface area contributed by atoms with Crippen LogP contribution in [0.25, 0.3) is 10.9 Å². The number of nitrogens with one attached hydrogen (secondary N) is 1. The molecule has 0 atom stereocenters. The number of aromatic nitrogens is 1. The van der Waals surface area contributed by atoms with E-state index in [0.29, 0.717) is 11.2 Å². The molecule has 0 aliphatic heterocycles. The Bertz CT molecular complexity index is 1460. The van der Waals surface area contributed by atoms with Crippen LogP contribution in [0.2, 0.25) is 0 Å². The van der Waals surface area contributed by atoms with E-state index in [1.807, 2.05) is 50.2 Å². The zero-order valence-corrected chi connectivity index (χ0v) is 19.7. The van der Waals surface area contributed by atoms with Gasteiger partial charge in [0.15, 0.2) is 0 Å². The first kappa shape index (κ1) is 23.1. The van der Waals surface area contributed by atoms with Gasteiger partial charge in [-0.05, 0) is 43.7 Å². The van der Waals surface area contributed by atoms with Crippen LogP contribution in [0.1, 0.15) is 16.7 Å². The normalized spacial score (nSPS) is 11.6. The van der Waals surface area contributed by atoms with Crippen LogP contribution in [0.5, 0.6) is 0 Å². The molecular weight excluding hydrogens is 448 g/mol. The number of para-hydroxylation sites is 1. The first-order valence-corrected chi connectivity index (χ1v) is 12.1. The number of benzene rings is 3. The summed E-state index contributed by atoms with van der Waals surface area (Å²) in [5, 5.41) is 4.76. The average Bonchev–Trinajstić information content (AvgIpc) is 2.82. The quantitative estimate of drug-likeness (QED) is 0.322. The number of pyridine rings is 1. The van der Waals surface area contributed by atoms with Gasteiger partial charge in [-0.1, -0.05) is 65.7 Å². The molecular formula is C26H24N4O3S. The number of anilines is 1. The number of fused-ring (bicyclic) bond motifs is 1. The predicted octanol–water partition coefficient (Wildman–Crippen LogP) is 4.20. The first-order chi connectivity index (χ1) is 16.3. The highest BCUT2D eigenvalue weighted by atomic mass is 32.2. The lowest BCUT2D eigenvalue weighted by molar-refractivity contribution is -0.119. The zero-order valence-electron chi connectivity index (χ0n) is 18.8. The molecule has 1 N–H and O–H groups in total. The van der Waals surface area contributed by atoms with Crippen molar-refractivity contribution in [2.45, 2.75) is 18.7 Å². The molecule has 7 nitrogen and oxygen atoms in total. The van der Waals surface area contributed by atoms with E-state index in [1.54, 1.807) is 36.5 Å². The van der Waals surface area contributed by atoms with Gasteiger partial charge in [0.1, 0.15) is 6.54 Å². The lowest BCUT2D eigenvalue weighted by Crippen LogP contribution is -2.39. The SMILES string of the molecule is Cc1ccc(S(=O)(=O)N(CC(=O)N/N=C\c2cccc(C)c2)c2cccc3cccnc23)cc1. The maximum absolute atomic E-state index is 13.6. The summed E-state index contributed by atoms with van der Waals surface area (Å²) in [6.07, 6.45) is 3.11. The summed E-state index contributed by atoms with van der Waals surface area (Å²) in [6.45, 7) is 3.38. The molecule has 0 saturated carbocycles. The number of carbonyl (C=O) groups is 1. The van der Waals surface area contributed by atoms with Gasteiger partial charge in [0, 0.05) is 11.6 Å². The largest absolute Gasteiger partial charge is 0.271 e. The minimum atomic E-state index is -4.06. The van der Waals surface area contributed by atoms with Gasteiger partial charge in [0.05, 0.1) is 22.3 Å². The molecule has 34 heavy (non-hydrogen) atoms. The van der Waals surface area contributed by atoms with Crippen LogP contribution < -0.4 is 9.73 Å². The van der Waals surface area contributed by atoms with Crippen molar-refractivity contribution < 1.29 is 13.2 Å². The molecule has 0 saturated heterocycles.